The van der Waals surface area contributed by atoms with Crippen molar-refractivity contribution >= 4 is 5.97 Å². The van der Waals surface area contributed by atoms with Gasteiger partial charge < -0.3 is 14.8 Å². The van der Waals surface area contributed by atoms with Gasteiger partial charge in [0.1, 0.15) is 11.8 Å². The number of nitrogens with one attached hydrogen (secondary N) is 1. The third-order valence-corrected chi connectivity index (χ3v) is 3.12. The fourth-order valence-electron chi connectivity index (χ4n) is 2.14. The van der Waals surface area contributed by atoms with Gasteiger partial charge in [-0.25, -0.2) is 0 Å². The maximum Gasteiger partial charge on any atom is 0.323 e. The van der Waals surface area contributed by atoms with Crippen molar-refractivity contribution in [3.05, 3.63) is 29.8 Å². The number of esters is 1. The Morgan fingerprint density at radius 3 is 2.57 bits per heavy atom. The Morgan fingerprint density at radius 2 is 1.95 bits per heavy atom. The summed E-state index contributed by atoms with van der Waals surface area (Å²) >= 11 is 0. The molecule has 21 heavy (non-hydrogen) atoms. The summed E-state index contributed by atoms with van der Waals surface area (Å²) in [6.07, 6.45) is 1.52. The average Bonchev–Trinajstić information content (AvgIpc) is 2.46. The van der Waals surface area contributed by atoms with Crippen LogP contribution >= 0.6 is 0 Å². The number of benzene rings is 1. The van der Waals surface area contributed by atoms with Crippen LogP contribution < -0.4 is 10.1 Å². The summed E-state index contributed by atoms with van der Waals surface area (Å²) < 4.78 is 10.9. The summed E-state index contributed by atoms with van der Waals surface area (Å²) in [5.41, 5.74) is 1.18. The summed E-state index contributed by atoms with van der Waals surface area (Å²) in [6.45, 7) is 8.83. The van der Waals surface area contributed by atoms with E-state index in [0.717, 1.165) is 12.2 Å². The zero-order valence-electron chi connectivity index (χ0n) is 13.5. The Kier molecular flexibility index (Phi) is 7.83. The van der Waals surface area contributed by atoms with Crippen molar-refractivity contribution in [2.75, 3.05) is 13.2 Å². The van der Waals surface area contributed by atoms with Gasteiger partial charge in [-0.3, -0.25) is 4.79 Å². The fraction of sp³-hybridized carbons (Fsp3) is 0.588. The van der Waals surface area contributed by atoms with Crippen LogP contribution in [0, 0.1) is 0 Å². The molecule has 0 aliphatic heterocycles. The Balaban J connectivity index is 2.54. The molecule has 1 atom stereocenters. The minimum atomic E-state index is -0.321. The van der Waals surface area contributed by atoms with E-state index in [9.17, 15) is 4.79 Å². The number of hydrogen-bond acceptors (Lipinski definition) is 4. The van der Waals surface area contributed by atoms with Crippen LogP contribution in [0.2, 0.25) is 0 Å². The Labute approximate surface area is 127 Å². The highest BCUT2D eigenvalue weighted by molar-refractivity contribution is 5.75. The minimum absolute atomic E-state index is 0.210. The van der Waals surface area contributed by atoms with Crippen molar-refractivity contribution in [2.24, 2.45) is 0 Å². The lowest BCUT2D eigenvalue weighted by Gasteiger charge is -2.20. The Hall–Kier alpha value is -1.55. The van der Waals surface area contributed by atoms with Gasteiger partial charge in [-0.1, -0.05) is 39.0 Å². The van der Waals surface area contributed by atoms with E-state index in [1.807, 2.05) is 39.0 Å². The van der Waals surface area contributed by atoms with Crippen LogP contribution in [0.15, 0.2) is 24.3 Å². The molecule has 118 valence electrons. The van der Waals surface area contributed by atoms with Gasteiger partial charge in [0, 0.05) is 12.5 Å². The lowest BCUT2D eigenvalue weighted by atomic mass is 10.1. The summed E-state index contributed by atoms with van der Waals surface area (Å²) in [5, 5.41) is 3.22. The molecule has 0 heterocycles. The van der Waals surface area contributed by atoms with Crippen LogP contribution in [0.5, 0.6) is 5.75 Å². The zero-order chi connectivity index (χ0) is 15.7. The molecule has 0 bridgehead atoms. The molecule has 0 aromatic heterocycles. The number of aryl methyl sites for hydroxylation is 1. The highest BCUT2D eigenvalue weighted by Gasteiger charge is 2.20. The standard InChI is InChI=1S/C17H27NO3/c1-5-14-9-7-8-10-16(14)21-12-11-15(18-13(3)4)17(19)20-6-2/h7-10,13,15,18H,5-6,11-12H2,1-4H3. The normalized spacial score (nSPS) is 12.2. The molecule has 0 spiro atoms. The maximum absolute atomic E-state index is 11.9. The van der Waals surface area contributed by atoms with Crippen molar-refractivity contribution in [3.63, 3.8) is 0 Å². The highest BCUT2D eigenvalue weighted by atomic mass is 16.5. The van der Waals surface area contributed by atoms with Gasteiger partial charge in [0.25, 0.3) is 0 Å². The van der Waals surface area contributed by atoms with Crippen molar-refractivity contribution in [1.82, 2.24) is 5.32 Å². The van der Waals surface area contributed by atoms with Crippen LogP contribution in [0.4, 0.5) is 0 Å². The number of hydrogen-bond donors (Lipinski definition) is 1. The molecule has 1 aromatic rings. The third kappa shape index (κ3) is 6.17. The Morgan fingerprint density at radius 1 is 1.24 bits per heavy atom. The first-order valence-corrected chi connectivity index (χ1v) is 7.71. The van der Waals surface area contributed by atoms with E-state index < -0.39 is 0 Å². The third-order valence-electron chi connectivity index (χ3n) is 3.12. The van der Waals surface area contributed by atoms with Gasteiger partial charge in [0.2, 0.25) is 0 Å². The molecule has 4 nitrogen and oxygen atoms in total. The number of rotatable bonds is 9. The topological polar surface area (TPSA) is 47.6 Å². The molecule has 1 N–H and O–H groups in total. The maximum atomic E-state index is 11.9. The van der Waals surface area contributed by atoms with Crippen molar-refractivity contribution in [3.8, 4) is 5.75 Å². The molecule has 1 aromatic carbocycles. The number of carbonyl (C=O) groups is 1. The second kappa shape index (κ2) is 9.40. The first-order chi connectivity index (χ1) is 10.1. The van der Waals surface area contributed by atoms with E-state index in [0.29, 0.717) is 19.6 Å². The fourth-order valence-corrected chi connectivity index (χ4v) is 2.14. The second-order valence-corrected chi connectivity index (χ2v) is 5.22. The molecule has 0 aliphatic rings. The monoisotopic (exact) mass is 293 g/mol. The van der Waals surface area contributed by atoms with Gasteiger partial charge in [0.05, 0.1) is 13.2 Å². The quantitative estimate of drug-likeness (QED) is 0.711. The van der Waals surface area contributed by atoms with Crippen LogP contribution in [0.1, 0.15) is 39.7 Å². The van der Waals surface area contributed by atoms with Crippen LogP contribution in [-0.4, -0.2) is 31.3 Å². The summed E-state index contributed by atoms with van der Waals surface area (Å²) in [6, 6.07) is 7.90. The number of para-hydroxylation sites is 1. The van der Waals surface area contributed by atoms with Crippen LogP contribution in [0.3, 0.4) is 0 Å². The van der Waals surface area contributed by atoms with Gasteiger partial charge in [-0.05, 0) is 25.0 Å². The summed E-state index contributed by atoms with van der Waals surface area (Å²) in [5.74, 6) is 0.686. The van der Waals surface area contributed by atoms with Crippen molar-refractivity contribution < 1.29 is 14.3 Å². The lowest BCUT2D eigenvalue weighted by Crippen LogP contribution is -2.42. The molecule has 0 aliphatic carbocycles. The SMILES string of the molecule is CCOC(=O)C(CCOc1ccccc1CC)NC(C)C. The van der Waals surface area contributed by atoms with Crippen molar-refractivity contribution in [1.29, 1.82) is 0 Å². The van der Waals surface area contributed by atoms with Crippen LogP contribution in [-0.2, 0) is 16.0 Å². The molecule has 0 fully saturated rings. The smallest absolute Gasteiger partial charge is 0.323 e. The first-order valence-electron chi connectivity index (χ1n) is 7.71. The predicted octanol–water partition coefficient (Wildman–Crippen LogP) is 2.95. The lowest BCUT2D eigenvalue weighted by molar-refractivity contribution is -0.146. The van der Waals surface area contributed by atoms with E-state index in [-0.39, 0.29) is 18.1 Å². The van der Waals surface area contributed by atoms with E-state index >= 15 is 0 Å². The molecule has 0 saturated heterocycles. The molecular weight excluding hydrogens is 266 g/mol. The van der Waals surface area contributed by atoms with Gasteiger partial charge in [-0.15, -0.1) is 0 Å². The molecule has 0 saturated carbocycles. The van der Waals surface area contributed by atoms with Gasteiger partial charge >= 0.3 is 5.97 Å². The van der Waals surface area contributed by atoms with E-state index in [2.05, 4.69) is 18.3 Å². The molecule has 1 unspecified atom stereocenters. The molecular formula is C17H27NO3. The van der Waals surface area contributed by atoms with Gasteiger partial charge in [-0.2, -0.15) is 0 Å². The molecule has 4 heteroatoms. The molecule has 0 amide bonds. The van der Waals surface area contributed by atoms with E-state index in [1.165, 1.54) is 5.56 Å². The van der Waals surface area contributed by atoms with E-state index in [1.54, 1.807) is 0 Å². The second-order valence-electron chi connectivity index (χ2n) is 5.22. The summed E-state index contributed by atoms with van der Waals surface area (Å²) in [4.78, 5) is 11.9. The van der Waals surface area contributed by atoms with Crippen molar-refractivity contribution in [2.45, 2.75) is 52.6 Å². The minimum Gasteiger partial charge on any atom is -0.493 e. The highest BCUT2D eigenvalue weighted by Crippen LogP contribution is 2.18. The average molecular weight is 293 g/mol. The molecule has 0 radical (unpaired) electrons. The predicted molar refractivity (Wildman–Crippen MR) is 84.6 cm³/mol. The zero-order valence-corrected chi connectivity index (χ0v) is 13.5. The first kappa shape index (κ1) is 17.5. The van der Waals surface area contributed by atoms with Crippen LogP contribution in [0.25, 0.3) is 0 Å². The largest absolute Gasteiger partial charge is 0.493 e. The van der Waals surface area contributed by atoms with Gasteiger partial charge in [0.15, 0.2) is 0 Å². The Bertz CT molecular complexity index is 432. The van der Waals surface area contributed by atoms with E-state index in [4.69, 9.17) is 9.47 Å². The number of carbonyl (C=O) groups excluding carboxylic acids is 1. The number of ether oxygens (including phenoxy) is 2. The molecule has 1 rings (SSSR count). The summed E-state index contributed by atoms with van der Waals surface area (Å²) in [7, 11) is 0.